The predicted octanol–water partition coefficient (Wildman–Crippen LogP) is 0.179. The number of fused-ring (bicyclic) bond motifs is 1. The Morgan fingerprint density at radius 2 is 2.64 bits per heavy atom. The van der Waals surface area contributed by atoms with E-state index in [1.165, 1.54) is 0 Å². The SMILES string of the molecule is O=C1NCC23CC=C(CC12)O3. The zero-order valence-electron chi connectivity index (χ0n) is 6.09. The first kappa shape index (κ1) is 5.63. The molecule has 3 heteroatoms. The molecule has 0 radical (unpaired) electrons. The van der Waals surface area contributed by atoms with Crippen LogP contribution in [0.2, 0.25) is 0 Å². The number of allylic oxidation sites excluding steroid dienone is 1. The number of hydrogen-bond donors (Lipinski definition) is 1. The summed E-state index contributed by atoms with van der Waals surface area (Å²) >= 11 is 0. The standard InChI is InChI=1S/C8H9NO2/c10-7-6-3-5-1-2-8(6,11-5)4-9-7/h1,6H,2-4H2,(H,9,10). The van der Waals surface area contributed by atoms with Crippen LogP contribution in [0.1, 0.15) is 12.8 Å². The maximum Gasteiger partial charge on any atom is 0.227 e. The highest BCUT2D eigenvalue weighted by atomic mass is 16.5. The van der Waals surface area contributed by atoms with Crippen molar-refractivity contribution in [2.45, 2.75) is 18.4 Å². The third kappa shape index (κ3) is 0.492. The van der Waals surface area contributed by atoms with Crippen LogP contribution in [-0.2, 0) is 9.53 Å². The molecule has 1 spiro atoms. The minimum Gasteiger partial charge on any atom is -0.489 e. The Balaban J connectivity index is 2.08. The normalized spacial score (nSPS) is 44.9. The molecule has 1 N–H and O–H groups in total. The second-order valence-corrected chi connectivity index (χ2v) is 3.52. The van der Waals surface area contributed by atoms with Crippen molar-refractivity contribution in [2.75, 3.05) is 6.54 Å². The molecule has 0 aromatic heterocycles. The zero-order chi connectivity index (χ0) is 7.47. The van der Waals surface area contributed by atoms with Crippen LogP contribution in [0.15, 0.2) is 11.8 Å². The van der Waals surface area contributed by atoms with E-state index in [9.17, 15) is 4.79 Å². The van der Waals surface area contributed by atoms with Gasteiger partial charge in [0.2, 0.25) is 5.91 Å². The molecular formula is C8H9NO2. The lowest BCUT2D eigenvalue weighted by Gasteiger charge is -2.20. The van der Waals surface area contributed by atoms with Gasteiger partial charge in [0.15, 0.2) is 0 Å². The van der Waals surface area contributed by atoms with E-state index in [0.717, 1.165) is 18.6 Å². The molecule has 0 aromatic carbocycles. The monoisotopic (exact) mass is 151 g/mol. The highest BCUT2D eigenvalue weighted by Crippen LogP contribution is 2.48. The Morgan fingerprint density at radius 3 is 3.36 bits per heavy atom. The molecule has 3 aliphatic rings. The summed E-state index contributed by atoms with van der Waals surface area (Å²) < 4.78 is 5.63. The molecule has 2 atom stereocenters. The first-order valence-electron chi connectivity index (χ1n) is 3.96. The molecule has 0 aliphatic carbocycles. The first-order valence-corrected chi connectivity index (χ1v) is 3.96. The van der Waals surface area contributed by atoms with Crippen molar-refractivity contribution >= 4 is 5.91 Å². The molecule has 3 heterocycles. The van der Waals surface area contributed by atoms with Crippen LogP contribution in [0.4, 0.5) is 0 Å². The van der Waals surface area contributed by atoms with Gasteiger partial charge in [0, 0.05) is 12.8 Å². The van der Waals surface area contributed by atoms with E-state index < -0.39 is 0 Å². The third-order valence-electron chi connectivity index (χ3n) is 2.93. The second kappa shape index (κ2) is 1.44. The Kier molecular flexibility index (Phi) is 0.739. The molecule has 0 saturated carbocycles. The van der Waals surface area contributed by atoms with Crippen molar-refractivity contribution < 1.29 is 9.53 Å². The minimum atomic E-state index is -0.160. The molecule has 3 aliphatic heterocycles. The molecule has 2 bridgehead atoms. The van der Waals surface area contributed by atoms with Gasteiger partial charge in [-0.25, -0.2) is 0 Å². The molecule has 2 saturated heterocycles. The molecular weight excluding hydrogens is 142 g/mol. The van der Waals surface area contributed by atoms with Crippen LogP contribution in [0.3, 0.4) is 0 Å². The Morgan fingerprint density at radius 1 is 1.73 bits per heavy atom. The van der Waals surface area contributed by atoms with Crippen molar-refractivity contribution in [3.8, 4) is 0 Å². The van der Waals surface area contributed by atoms with Crippen molar-refractivity contribution in [3.05, 3.63) is 11.8 Å². The fraction of sp³-hybridized carbons (Fsp3) is 0.625. The largest absolute Gasteiger partial charge is 0.489 e. The molecule has 1 amide bonds. The van der Waals surface area contributed by atoms with Crippen LogP contribution in [0.5, 0.6) is 0 Å². The minimum absolute atomic E-state index is 0.113. The maximum atomic E-state index is 11.2. The van der Waals surface area contributed by atoms with Crippen LogP contribution < -0.4 is 5.32 Å². The lowest BCUT2D eigenvalue weighted by Crippen LogP contribution is -2.33. The lowest BCUT2D eigenvalue weighted by molar-refractivity contribution is -0.123. The first-order chi connectivity index (χ1) is 5.30. The molecule has 2 fully saturated rings. The number of hydrogen-bond acceptors (Lipinski definition) is 2. The number of rotatable bonds is 0. The van der Waals surface area contributed by atoms with E-state index in [1.54, 1.807) is 0 Å². The van der Waals surface area contributed by atoms with Crippen LogP contribution >= 0.6 is 0 Å². The third-order valence-corrected chi connectivity index (χ3v) is 2.93. The Bertz CT molecular complexity index is 271. The summed E-state index contributed by atoms with van der Waals surface area (Å²) in [7, 11) is 0. The Hall–Kier alpha value is -0.990. The van der Waals surface area contributed by atoms with Crippen LogP contribution in [0, 0.1) is 5.92 Å². The summed E-state index contributed by atoms with van der Waals surface area (Å²) in [4.78, 5) is 11.2. The summed E-state index contributed by atoms with van der Waals surface area (Å²) in [5, 5.41) is 2.84. The summed E-state index contributed by atoms with van der Waals surface area (Å²) in [6.45, 7) is 0.705. The second-order valence-electron chi connectivity index (χ2n) is 3.52. The molecule has 58 valence electrons. The smallest absolute Gasteiger partial charge is 0.227 e. The van der Waals surface area contributed by atoms with Gasteiger partial charge >= 0.3 is 0 Å². The molecule has 0 aromatic rings. The van der Waals surface area contributed by atoms with Crippen LogP contribution in [-0.4, -0.2) is 18.1 Å². The Labute approximate surface area is 64.4 Å². The van der Waals surface area contributed by atoms with Crippen molar-refractivity contribution in [1.82, 2.24) is 5.32 Å². The van der Waals surface area contributed by atoms with E-state index in [4.69, 9.17) is 4.74 Å². The van der Waals surface area contributed by atoms with E-state index in [2.05, 4.69) is 11.4 Å². The number of carbonyl (C=O) groups is 1. The number of ether oxygens (including phenoxy) is 1. The van der Waals surface area contributed by atoms with Gasteiger partial charge in [-0.05, 0) is 6.08 Å². The van der Waals surface area contributed by atoms with Crippen molar-refractivity contribution in [2.24, 2.45) is 5.92 Å². The van der Waals surface area contributed by atoms with Crippen molar-refractivity contribution in [1.29, 1.82) is 0 Å². The van der Waals surface area contributed by atoms with Gasteiger partial charge in [-0.3, -0.25) is 4.79 Å². The van der Waals surface area contributed by atoms with Crippen molar-refractivity contribution in [3.63, 3.8) is 0 Å². The van der Waals surface area contributed by atoms with Gasteiger partial charge < -0.3 is 10.1 Å². The van der Waals surface area contributed by atoms with E-state index in [-0.39, 0.29) is 17.4 Å². The van der Waals surface area contributed by atoms with Gasteiger partial charge in [-0.1, -0.05) is 0 Å². The lowest BCUT2D eigenvalue weighted by atomic mass is 9.84. The highest BCUT2D eigenvalue weighted by Gasteiger charge is 2.57. The van der Waals surface area contributed by atoms with E-state index in [1.807, 2.05) is 0 Å². The van der Waals surface area contributed by atoms with Gasteiger partial charge in [-0.2, -0.15) is 0 Å². The maximum absolute atomic E-state index is 11.2. The van der Waals surface area contributed by atoms with Gasteiger partial charge in [0.1, 0.15) is 5.60 Å². The van der Waals surface area contributed by atoms with Gasteiger partial charge in [0.25, 0.3) is 0 Å². The molecule has 3 rings (SSSR count). The number of amides is 1. The molecule has 3 nitrogen and oxygen atoms in total. The topological polar surface area (TPSA) is 38.3 Å². The summed E-state index contributed by atoms with van der Waals surface area (Å²) in [5.41, 5.74) is -0.160. The van der Waals surface area contributed by atoms with Gasteiger partial charge in [-0.15, -0.1) is 0 Å². The number of carbonyl (C=O) groups excluding carboxylic acids is 1. The van der Waals surface area contributed by atoms with E-state index in [0.29, 0.717) is 6.54 Å². The average molecular weight is 151 g/mol. The fourth-order valence-electron chi connectivity index (χ4n) is 2.28. The quantitative estimate of drug-likeness (QED) is 0.536. The average Bonchev–Trinajstić information content (AvgIpc) is 2.62. The van der Waals surface area contributed by atoms with E-state index >= 15 is 0 Å². The predicted molar refractivity (Wildman–Crippen MR) is 37.6 cm³/mol. The fourth-order valence-corrected chi connectivity index (χ4v) is 2.28. The summed E-state index contributed by atoms with van der Waals surface area (Å²) in [5.74, 6) is 1.32. The zero-order valence-corrected chi connectivity index (χ0v) is 6.09. The number of nitrogens with one attached hydrogen (secondary N) is 1. The summed E-state index contributed by atoms with van der Waals surface area (Å²) in [6, 6.07) is 0. The highest BCUT2D eigenvalue weighted by molar-refractivity contribution is 5.84. The molecule has 2 unspecified atom stereocenters. The van der Waals surface area contributed by atoms with Crippen LogP contribution in [0.25, 0.3) is 0 Å². The summed E-state index contributed by atoms with van der Waals surface area (Å²) in [6.07, 6.45) is 3.86. The molecule has 11 heavy (non-hydrogen) atoms. The van der Waals surface area contributed by atoms with Gasteiger partial charge in [0.05, 0.1) is 18.2 Å².